The van der Waals surface area contributed by atoms with Crippen LogP contribution in [-0.2, 0) is 6.42 Å². The molecular weight excluding hydrogens is 258 g/mol. The van der Waals surface area contributed by atoms with Crippen LogP contribution in [0.5, 0.6) is 5.75 Å². The molecule has 1 unspecified atom stereocenters. The van der Waals surface area contributed by atoms with Crippen LogP contribution in [-0.4, -0.2) is 12.6 Å². The van der Waals surface area contributed by atoms with Gasteiger partial charge in [-0.1, -0.05) is 26.8 Å². The quantitative estimate of drug-likeness (QED) is 0.849. The standard InChI is InChI=1S/C16H27NO.ClH/c1-6-14(17)9-13-10-15(11(3)4)12(5)8-16(13)18-7-2;/h8,10-11,14H,6-7,9,17H2,1-5H3;1H. The van der Waals surface area contributed by atoms with Gasteiger partial charge in [-0.2, -0.15) is 0 Å². The molecule has 0 heterocycles. The van der Waals surface area contributed by atoms with E-state index >= 15 is 0 Å². The van der Waals surface area contributed by atoms with E-state index in [1.807, 2.05) is 6.92 Å². The van der Waals surface area contributed by atoms with E-state index in [0.29, 0.717) is 12.5 Å². The van der Waals surface area contributed by atoms with Crippen LogP contribution in [0.4, 0.5) is 0 Å². The van der Waals surface area contributed by atoms with Gasteiger partial charge in [-0.15, -0.1) is 12.4 Å². The third kappa shape index (κ3) is 5.04. The van der Waals surface area contributed by atoms with E-state index in [9.17, 15) is 0 Å². The molecule has 0 radical (unpaired) electrons. The van der Waals surface area contributed by atoms with Crippen molar-refractivity contribution in [3.8, 4) is 5.75 Å². The Labute approximate surface area is 124 Å². The van der Waals surface area contributed by atoms with Gasteiger partial charge in [0.25, 0.3) is 0 Å². The smallest absolute Gasteiger partial charge is 0.122 e. The van der Waals surface area contributed by atoms with Gasteiger partial charge in [-0.05, 0) is 55.4 Å². The second kappa shape index (κ2) is 8.44. The number of hydrogen-bond donors (Lipinski definition) is 1. The minimum Gasteiger partial charge on any atom is -0.494 e. The lowest BCUT2D eigenvalue weighted by molar-refractivity contribution is 0.335. The summed E-state index contributed by atoms with van der Waals surface area (Å²) in [7, 11) is 0. The molecule has 0 aliphatic carbocycles. The van der Waals surface area contributed by atoms with E-state index in [4.69, 9.17) is 10.5 Å². The molecule has 0 aliphatic heterocycles. The van der Waals surface area contributed by atoms with Gasteiger partial charge < -0.3 is 10.5 Å². The third-order valence-electron chi connectivity index (χ3n) is 3.38. The predicted molar refractivity (Wildman–Crippen MR) is 85.7 cm³/mol. The Hall–Kier alpha value is -0.730. The Kier molecular flexibility index (Phi) is 8.12. The number of halogens is 1. The summed E-state index contributed by atoms with van der Waals surface area (Å²) in [6, 6.07) is 4.66. The van der Waals surface area contributed by atoms with Crippen molar-refractivity contribution in [2.75, 3.05) is 6.61 Å². The summed E-state index contributed by atoms with van der Waals surface area (Å²) in [6.07, 6.45) is 1.89. The molecule has 110 valence electrons. The summed E-state index contributed by atoms with van der Waals surface area (Å²) in [6.45, 7) is 11.5. The zero-order chi connectivity index (χ0) is 13.7. The Morgan fingerprint density at radius 3 is 2.32 bits per heavy atom. The molecule has 19 heavy (non-hydrogen) atoms. The topological polar surface area (TPSA) is 35.2 Å². The highest BCUT2D eigenvalue weighted by Gasteiger charge is 2.13. The van der Waals surface area contributed by atoms with Gasteiger partial charge in [0.15, 0.2) is 0 Å². The molecule has 0 fully saturated rings. The van der Waals surface area contributed by atoms with E-state index < -0.39 is 0 Å². The van der Waals surface area contributed by atoms with Crippen molar-refractivity contribution in [2.24, 2.45) is 5.73 Å². The molecule has 0 aromatic heterocycles. The fourth-order valence-electron chi connectivity index (χ4n) is 2.24. The maximum absolute atomic E-state index is 6.08. The van der Waals surface area contributed by atoms with Gasteiger partial charge >= 0.3 is 0 Å². The van der Waals surface area contributed by atoms with Gasteiger partial charge in [0.1, 0.15) is 5.75 Å². The van der Waals surface area contributed by atoms with Crippen molar-refractivity contribution in [3.05, 3.63) is 28.8 Å². The minimum atomic E-state index is 0. The van der Waals surface area contributed by atoms with Gasteiger partial charge in [0.2, 0.25) is 0 Å². The lowest BCUT2D eigenvalue weighted by Gasteiger charge is -2.18. The zero-order valence-electron chi connectivity index (χ0n) is 12.8. The summed E-state index contributed by atoms with van der Waals surface area (Å²) >= 11 is 0. The molecule has 1 aromatic carbocycles. The maximum atomic E-state index is 6.08. The average Bonchev–Trinajstić information content (AvgIpc) is 2.32. The summed E-state index contributed by atoms with van der Waals surface area (Å²) in [5, 5.41) is 0. The van der Waals surface area contributed by atoms with E-state index in [0.717, 1.165) is 18.6 Å². The molecule has 0 spiro atoms. The number of ether oxygens (including phenoxy) is 1. The van der Waals surface area contributed by atoms with Crippen LogP contribution in [0.3, 0.4) is 0 Å². The summed E-state index contributed by atoms with van der Waals surface area (Å²) in [5.74, 6) is 1.54. The second-order valence-corrected chi connectivity index (χ2v) is 5.28. The monoisotopic (exact) mass is 285 g/mol. The predicted octanol–water partition coefficient (Wildman–Crippen LogP) is 4.22. The molecule has 2 nitrogen and oxygen atoms in total. The molecule has 2 N–H and O–H groups in total. The molecule has 0 aliphatic rings. The third-order valence-corrected chi connectivity index (χ3v) is 3.38. The number of rotatable bonds is 6. The van der Waals surface area contributed by atoms with Gasteiger partial charge in [-0.3, -0.25) is 0 Å². The lowest BCUT2D eigenvalue weighted by Crippen LogP contribution is -2.22. The number of nitrogens with two attached hydrogens (primary N) is 1. The van der Waals surface area contributed by atoms with Crippen LogP contribution in [0.25, 0.3) is 0 Å². The molecular formula is C16H28ClNO. The first-order chi connectivity index (χ1) is 8.49. The molecule has 1 atom stereocenters. The summed E-state index contributed by atoms with van der Waals surface area (Å²) in [4.78, 5) is 0. The SMILES string of the molecule is CCOc1cc(C)c(C(C)C)cc1CC(N)CC.Cl. The van der Waals surface area contributed by atoms with Crippen LogP contribution in [0.2, 0.25) is 0 Å². The van der Waals surface area contributed by atoms with Gasteiger partial charge in [-0.25, -0.2) is 0 Å². The first-order valence-electron chi connectivity index (χ1n) is 7.01. The zero-order valence-corrected chi connectivity index (χ0v) is 13.6. The molecule has 3 heteroatoms. The van der Waals surface area contributed by atoms with Crippen molar-refractivity contribution in [1.82, 2.24) is 0 Å². The van der Waals surface area contributed by atoms with Crippen molar-refractivity contribution in [3.63, 3.8) is 0 Å². The van der Waals surface area contributed by atoms with Crippen molar-refractivity contribution < 1.29 is 4.74 Å². The molecule has 1 aromatic rings. The maximum Gasteiger partial charge on any atom is 0.122 e. The molecule has 0 bridgehead atoms. The molecule has 0 amide bonds. The second-order valence-electron chi connectivity index (χ2n) is 5.28. The normalized spacial score (nSPS) is 12.2. The largest absolute Gasteiger partial charge is 0.494 e. The first kappa shape index (κ1) is 18.3. The van der Waals surface area contributed by atoms with Crippen LogP contribution in [0, 0.1) is 6.92 Å². The number of aryl methyl sites for hydroxylation is 1. The van der Waals surface area contributed by atoms with E-state index in [2.05, 4.69) is 39.8 Å². The molecule has 0 saturated carbocycles. The van der Waals surface area contributed by atoms with E-state index in [1.165, 1.54) is 16.7 Å². The average molecular weight is 286 g/mol. The summed E-state index contributed by atoms with van der Waals surface area (Å²) in [5.41, 5.74) is 10.0. The van der Waals surface area contributed by atoms with Crippen LogP contribution in [0.15, 0.2) is 12.1 Å². The highest BCUT2D eigenvalue weighted by Crippen LogP contribution is 2.29. The molecule has 0 saturated heterocycles. The Bertz CT molecular complexity index is 391. The minimum absolute atomic E-state index is 0. The van der Waals surface area contributed by atoms with Gasteiger partial charge in [0, 0.05) is 6.04 Å². The Balaban J connectivity index is 0.00000324. The first-order valence-corrected chi connectivity index (χ1v) is 7.01. The van der Waals surface area contributed by atoms with Crippen LogP contribution >= 0.6 is 12.4 Å². The summed E-state index contributed by atoms with van der Waals surface area (Å²) < 4.78 is 5.74. The Morgan fingerprint density at radius 1 is 1.21 bits per heavy atom. The highest BCUT2D eigenvalue weighted by molar-refractivity contribution is 5.85. The van der Waals surface area contributed by atoms with Crippen molar-refractivity contribution in [2.45, 2.75) is 59.4 Å². The van der Waals surface area contributed by atoms with Crippen molar-refractivity contribution >= 4 is 12.4 Å². The lowest BCUT2D eigenvalue weighted by atomic mass is 9.92. The van der Waals surface area contributed by atoms with Crippen LogP contribution < -0.4 is 10.5 Å². The fraction of sp³-hybridized carbons (Fsp3) is 0.625. The van der Waals surface area contributed by atoms with Crippen LogP contribution in [0.1, 0.15) is 56.7 Å². The number of hydrogen-bond acceptors (Lipinski definition) is 2. The molecule has 1 rings (SSSR count). The van der Waals surface area contributed by atoms with Gasteiger partial charge in [0.05, 0.1) is 6.61 Å². The fourth-order valence-corrected chi connectivity index (χ4v) is 2.24. The van der Waals surface area contributed by atoms with E-state index in [1.54, 1.807) is 0 Å². The van der Waals surface area contributed by atoms with Crippen molar-refractivity contribution in [1.29, 1.82) is 0 Å². The van der Waals surface area contributed by atoms with E-state index in [-0.39, 0.29) is 18.4 Å². The Morgan fingerprint density at radius 2 is 1.84 bits per heavy atom. The highest BCUT2D eigenvalue weighted by atomic mass is 35.5. The number of benzene rings is 1.